The third kappa shape index (κ3) is 3.93. The van der Waals surface area contributed by atoms with E-state index >= 15 is 0 Å². The lowest BCUT2D eigenvalue weighted by Gasteiger charge is -2.44. The van der Waals surface area contributed by atoms with Crippen molar-refractivity contribution in [3.63, 3.8) is 0 Å². The fraction of sp³-hybridized carbons (Fsp3) is 0.643. The molecule has 0 aromatic carbocycles. The molecule has 11 heteroatoms. The minimum atomic E-state index is -3.62. The van der Waals surface area contributed by atoms with Crippen LogP contribution in [0.25, 0.3) is 0 Å². The van der Waals surface area contributed by atoms with Crippen LogP contribution < -0.4 is 11.1 Å². The Hall–Kier alpha value is -2.14. The summed E-state index contributed by atoms with van der Waals surface area (Å²) in [6.45, 7) is 1.54. The normalized spacial score (nSPS) is 23.9. The van der Waals surface area contributed by atoms with Crippen LogP contribution >= 0.6 is 0 Å². The molecule has 0 spiro atoms. The van der Waals surface area contributed by atoms with Crippen molar-refractivity contribution in [2.24, 2.45) is 11.7 Å². The van der Waals surface area contributed by atoms with E-state index < -0.39 is 51.6 Å². The van der Waals surface area contributed by atoms with Crippen LogP contribution in [0.2, 0.25) is 0 Å². The van der Waals surface area contributed by atoms with Crippen LogP contribution in [0.4, 0.5) is 4.79 Å². The van der Waals surface area contributed by atoms with Crippen molar-refractivity contribution in [3.8, 4) is 0 Å². The molecular formula is C14H21N3O7S. The van der Waals surface area contributed by atoms with E-state index in [1.54, 1.807) is 0 Å². The molecule has 2 heterocycles. The number of sulfone groups is 1. The van der Waals surface area contributed by atoms with Crippen LogP contribution in [0.3, 0.4) is 0 Å². The topological polar surface area (TPSA) is 167 Å². The highest BCUT2D eigenvalue weighted by atomic mass is 32.2. The van der Waals surface area contributed by atoms with E-state index in [1.165, 1.54) is 6.92 Å². The lowest BCUT2D eigenvalue weighted by atomic mass is 9.83. The molecule has 10 nitrogen and oxygen atoms in total. The van der Waals surface area contributed by atoms with Gasteiger partial charge in [-0.25, -0.2) is 18.0 Å². The van der Waals surface area contributed by atoms with Crippen LogP contribution in [0, 0.1) is 5.92 Å². The van der Waals surface area contributed by atoms with Crippen LogP contribution in [0.15, 0.2) is 11.3 Å². The summed E-state index contributed by atoms with van der Waals surface area (Å²) in [7, 11) is -3.62. The first-order valence-electron chi connectivity index (χ1n) is 7.75. The van der Waals surface area contributed by atoms with Crippen LogP contribution in [0.5, 0.6) is 0 Å². The highest BCUT2D eigenvalue weighted by molar-refractivity contribution is 7.91. The van der Waals surface area contributed by atoms with E-state index in [1.807, 2.05) is 0 Å². The number of urea groups is 1. The highest BCUT2D eigenvalue weighted by Crippen LogP contribution is 2.43. The third-order valence-corrected chi connectivity index (χ3v) is 6.05. The number of carboxylic acid groups (broad SMARTS) is 1. The number of carbonyl (C=O) groups excluding carboxylic acids is 2. The molecule has 25 heavy (non-hydrogen) atoms. The predicted octanol–water partition coefficient (Wildman–Crippen LogP) is -1.59. The number of β-lactam (4-membered cyclic amide) rings is 1. The van der Waals surface area contributed by atoms with Gasteiger partial charge in [0.05, 0.1) is 29.6 Å². The Balaban J connectivity index is 2.09. The largest absolute Gasteiger partial charge is 0.477 e. The maximum atomic E-state index is 12.2. The molecule has 0 aliphatic carbocycles. The fourth-order valence-corrected chi connectivity index (χ4v) is 4.85. The second kappa shape index (κ2) is 7.00. The van der Waals surface area contributed by atoms with E-state index in [-0.39, 0.29) is 36.4 Å². The molecule has 5 N–H and O–H groups in total. The average molecular weight is 375 g/mol. The Morgan fingerprint density at radius 3 is 2.60 bits per heavy atom. The summed E-state index contributed by atoms with van der Waals surface area (Å²) in [6.07, 6.45) is -0.676. The number of nitrogens with one attached hydrogen (secondary N) is 1. The molecule has 3 atom stereocenters. The molecule has 1 fully saturated rings. The van der Waals surface area contributed by atoms with E-state index in [0.29, 0.717) is 0 Å². The molecule has 0 radical (unpaired) electrons. The quantitative estimate of drug-likeness (QED) is 0.293. The number of nitrogens with two attached hydrogens (primary N) is 1. The predicted molar refractivity (Wildman–Crippen MR) is 85.9 cm³/mol. The molecule has 3 unspecified atom stereocenters. The molecule has 0 saturated carbocycles. The zero-order valence-electron chi connectivity index (χ0n) is 13.6. The van der Waals surface area contributed by atoms with Gasteiger partial charge in [0.1, 0.15) is 5.70 Å². The summed E-state index contributed by atoms with van der Waals surface area (Å²) >= 11 is 0. The molecule has 0 aromatic heterocycles. The number of fused-ring (bicyclic) bond motifs is 1. The Labute approximate surface area is 144 Å². The Kier molecular flexibility index (Phi) is 5.37. The van der Waals surface area contributed by atoms with Gasteiger partial charge in [-0.2, -0.15) is 0 Å². The lowest BCUT2D eigenvalue weighted by molar-refractivity contribution is -0.161. The number of carbonyl (C=O) groups is 3. The number of aliphatic hydroxyl groups is 1. The monoisotopic (exact) mass is 375 g/mol. The van der Waals surface area contributed by atoms with Crippen molar-refractivity contribution < 1.29 is 33.0 Å². The van der Waals surface area contributed by atoms with Gasteiger partial charge in [0, 0.05) is 6.54 Å². The summed E-state index contributed by atoms with van der Waals surface area (Å²) in [6, 6.07) is -1.27. The highest BCUT2D eigenvalue weighted by Gasteiger charge is 2.56. The maximum Gasteiger partial charge on any atom is 0.352 e. The number of amides is 3. The van der Waals surface area contributed by atoms with Gasteiger partial charge in [-0.05, 0) is 25.3 Å². The zero-order valence-corrected chi connectivity index (χ0v) is 14.5. The summed E-state index contributed by atoms with van der Waals surface area (Å²) in [5.74, 6) is -3.30. The molecule has 2 aliphatic heterocycles. The number of aliphatic carboxylic acids is 1. The number of carboxylic acids is 1. The number of primary amides is 1. The summed E-state index contributed by atoms with van der Waals surface area (Å²) in [5, 5.41) is 21.3. The lowest BCUT2D eigenvalue weighted by Crippen LogP contribution is -2.61. The molecule has 0 aromatic rings. The van der Waals surface area contributed by atoms with Gasteiger partial charge in [-0.15, -0.1) is 0 Å². The van der Waals surface area contributed by atoms with E-state index in [2.05, 4.69) is 5.32 Å². The van der Waals surface area contributed by atoms with Gasteiger partial charge >= 0.3 is 12.0 Å². The Morgan fingerprint density at radius 1 is 1.44 bits per heavy atom. The number of hydrogen-bond donors (Lipinski definition) is 4. The molecular weight excluding hydrogens is 354 g/mol. The van der Waals surface area contributed by atoms with Crippen molar-refractivity contribution >= 4 is 27.7 Å². The molecule has 0 bridgehead atoms. The molecule has 2 rings (SSSR count). The molecule has 2 aliphatic rings. The summed E-state index contributed by atoms with van der Waals surface area (Å²) < 4.78 is 24.4. The molecule has 140 valence electrons. The second-order valence-corrected chi connectivity index (χ2v) is 8.42. The van der Waals surface area contributed by atoms with Crippen molar-refractivity contribution in [2.45, 2.75) is 31.9 Å². The third-order valence-electron chi connectivity index (χ3n) is 4.35. The van der Waals surface area contributed by atoms with Gasteiger partial charge in [0.15, 0.2) is 9.84 Å². The fourth-order valence-electron chi connectivity index (χ4n) is 3.33. The summed E-state index contributed by atoms with van der Waals surface area (Å²) in [5.41, 5.74) is 4.75. The number of nitrogens with zero attached hydrogens (tertiary/aromatic N) is 1. The van der Waals surface area contributed by atoms with Crippen LogP contribution in [-0.4, -0.2) is 71.6 Å². The second-order valence-electron chi connectivity index (χ2n) is 6.24. The van der Waals surface area contributed by atoms with Crippen LogP contribution in [0.1, 0.15) is 19.8 Å². The van der Waals surface area contributed by atoms with Crippen molar-refractivity contribution in [2.75, 3.05) is 18.1 Å². The number of aliphatic hydroxyl groups excluding tert-OH is 1. The molecule has 1 saturated heterocycles. The molecule has 3 amide bonds. The zero-order chi connectivity index (χ0) is 18.9. The first-order valence-corrected chi connectivity index (χ1v) is 9.57. The standard InChI is InChI=1S/C14H21N3O7S/c1-7(18)10-9-5-8(11(13(20)21)17(9)12(10)19)6-25(23,24)4-2-3-16-14(15)22/h7,9-10,18H,2-6H2,1H3,(H,20,21)(H3,15,16,22). The van der Waals surface area contributed by atoms with Crippen molar-refractivity contribution in [1.29, 1.82) is 0 Å². The minimum Gasteiger partial charge on any atom is -0.477 e. The first-order chi connectivity index (χ1) is 11.5. The van der Waals surface area contributed by atoms with E-state index in [4.69, 9.17) is 5.73 Å². The van der Waals surface area contributed by atoms with Gasteiger partial charge < -0.3 is 26.2 Å². The van der Waals surface area contributed by atoms with E-state index in [9.17, 15) is 33.0 Å². The minimum absolute atomic E-state index is 0.0940. The van der Waals surface area contributed by atoms with Crippen molar-refractivity contribution in [1.82, 2.24) is 10.2 Å². The number of rotatable bonds is 8. The van der Waals surface area contributed by atoms with E-state index in [0.717, 1.165) is 4.90 Å². The van der Waals surface area contributed by atoms with Gasteiger partial charge in [-0.3, -0.25) is 4.79 Å². The van der Waals surface area contributed by atoms with Gasteiger partial charge in [0.25, 0.3) is 0 Å². The maximum absolute atomic E-state index is 12.2. The smallest absolute Gasteiger partial charge is 0.352 e. The van der Waals surface area contributed by atoms with Gasteiger partial charge in [0.2, 0.25) is 5.91 Å². The Bertz CT molecular complexity index is 729. The van der Waals surface area contributed by atoms with Crippen LogP contribution in [-0.2, 0) is 19.4 Å². The number of hydrogen-bond acceptors (Lipinski definition) is 6. The first kappa shape index (κ1) is 19.2. The van der Waals surface area contributed by atoms with Gasteiger partial charge in [-0.1, -0.05) is 0 Å². The van der Waals surface area contributed by atoms with Crippen molar-refractivity contribution in [3.05, 3.63) is 11.3 Å². The Morgan fingerprint density at radius 2 is 2.08 bits per heavy atom. The average Bonchev–Trinajstić information content (AvgIpc) is 2.76. The SMILES string of the molecule is CC(O)C1C(=O)N2C(C(=O)O)=C(CS(=O)(=O)CCCNC(N)=O)CC12. The summed E-state index contributed by atoms with van der Waals surface area (Å²) in [4.78, 5) is 35.1.